The number of hydrogen-bond donors (Lipinski definition) is 0. The Morgan fingerprint density at radius 2 is 1.92 bits per heavy atom. The van der Waals surface area contributed by atoms with E-state index in [1.807, 2.05) is 0 Å². The zero-order valence-corrected chi connectivity index (χ0v) is 7.55. The first kappa shape index (κ1) is 8.45. The number of rotatable bonds is 1. The number of piperidine rings is 1. The van der Waals surface area contributed by atoms with Crippen LogP contribution in [0.3, 0.4) is 0 Å². The van der Waals surface area contributed by atoms with E-state index in [9.17, 15) is 4.39 Å². The summed E-state index contributed by atoms with van der Waals surface area (Å²) in [5, 5.41) is 0. The van der Waals surface area contributed by atoms with Crippen LogP contribution in [0, 0.1) is 0 Å². The van der Waals surface area contributed by atoms with Gasteiger partial charge in [0.25, 0.3) is 0 Å². The van der Waals surface area contributed by atoms with Gasteiger partial charge in [0.15, 0.2) is 0 Å². The molecule has 2 saturated heterocycles. The fraction of sp³-hybridized carbons (Fsp3) is 1.00. The molecule has 2 heterocycles. The Kier molecular flexibility index (Phi) is 2.09. The monoisotopic (exact) mass is 173 g/mol. The first-order valence-electron chi connectivity index (χ1n) is 4.68. The molecule has 0 amide bonds. The molecular weight excluding hydrogens is 157 g/mol. The summed E-state index contributed by atoms with van der Waals surface area (Å²) in [7, 11) is 0. The molecule has 0 aromatic carbocycles. The minimum atomic E-state index is -0.916. The maximum absolute atomic E-state index is 13.4. The fourth-order valence-corrected chi connectivity index (χ4v) is 1.79. The van der Waals surface area contributed by atoms with E-state index in [4.69, 9.17) is 4.74 Å². The summed E-state index contributed by atoms with van der Waals surface area (Å²) in [6, 6.07) is 0.584. The van der Waals surface area contributed by atoms with E-state index in [1.165, 1.54) is 0 Å². The summed E-state index contributed by atoms with van der Waals surface area (Å²) in [4.78, 5) is 2.35. The largest absolute Gasteiger partial charge is 0.378 e. The standard InChI is InChI=1S/C9H16FNO/c1-9(10)2-4-11(5-3-9)8-6-12-7-8/h8H,2-7H2,1H3. The highest BCUT2D eigenvalue weighted by Gasteiger charge is 2.34. The van der Waals surface area contributed by atoms with E-state index in [0.29, 0.717) is 18.9 Å². The molecule has 0 radical (unpaired) electrons. The molecule has 0 spiro atoms. The molecule has 2 aliphatic rings. The molecule has 0 N–H and O–H groups in total. The molecule has 3 heteroatoms. The lowest BCUT2D eigenvalue weighted by Gasteiger charge is -2.42. The van der Waals surface area contributed by atoms with Crippen molar-refractivity contribution in [3.8, 4) is 0 Å². The van der Waals surface area contributed by atoms with Crippen LogP contribution in [0.1, 0.15) is 19.8 Å². The predicted molar refractivity (Wildman–Crippen MR) is 44.9 cm³/mol. The summed E-state index contributed by atoms with van der Waals surface area (Å²) in [6.45, 7) is 5.22. The normalized spacial score (nSPS) is 31.5. The third-order valence-corrected chi connectivity index (χ3v) is 2.98. The van der Waals surface area contributed by atoms with Crippen molar-refractivity contribution in [3.63, 3.8) is 0 Å². The smallest absolute Gasteiger partial charge is 0.110 e. The Morgan fingerprint density at radius 3 is 2.33 bits per heavy atom. The van der Waals surface area contributed by atoms with Crippen LogP contribution < -0.4 is 0 Å². The van der Waals surface area contributed by atoms with Gasteiger partial charge in [-0.15, -0.1) is 0 Å². The van der Waals surface area contributed by atoms with Crippen LogP contribution in [0.4, 0.5) is 4.39 Å². The van der Waals surface area contributed by atoms with E-state index in [0.717, 1.165) is 26.3 Å². The molecule has 0 aromatic heterocycles. The molecule has 0 saturated carbocycles. The van der Waals surface area contributed by atoms with Gasteiger partial charge in [0.1, 0.15) is 5.67 Å². The maximum atomic E-state index is 13.4. The molecule has 0 atom stereocenters. The van der Waals surface area contributed by atoms with Crippen LogP contribution in [0.15, 0.2) is 0 Å². The third-order valence-electron chi connectivity index (χ3n) is 2.98. The van der Waals surface area contributed by atoms with Gasteiger partial charge in [0.05, 0.1) is 19.3 Å². The zero-order chi connectivity index (χ0) is 8.60. The van der Waals surface area contributed by atoms with Gasteiger partial charge in [-0.25, -0.2) is 4.39 Å². The summed E-state index contributed by atoms with van der Waals surface area (Å²) in [5.74, 6) is 0. The van der Waals surface area contributed by atoms with Crippen LogP contribution >= 0.6 is 0 Å². The van der Waals surface area contributed by atoms with E-state index in [1.54, 1.807) is 6.92 Å². The molecule has 0 bridgehead atoms. The molecule has 0 unspecified atom stereocenters. The Labute approximate surface area is 72.7 Å². The number of ether oxygens (including phenoxy) is 1. The summed E-state index contributed by atoms with van der Waals surface area (Å²) >= 11 is 0. The van der Waals surface area contributed by atoms with Crippen molar-refractivity contribution in [1.82, 2.24) is 4.90 Å². The van der Waals surface area contributed by atoms with Crippen molar-refractivity contribution in [2.45, 2.75) is 31.5 Å². The van der Waals surface area contributed by atoms with Crippen LogP contribution in [0.25, 0.3) is 0 Å². The molecule has 0 aliphatic carbocycles. The number of alkyl halides is 1. The Morgan fingerprint density at radius 1 is 1.33 bits per heavy atom. The molecule has 2 rings (SSSR count). The van der Waals surface area contributed by atoms with Gasteiger partial charge < -0.3 is 4.74 Å². The molecule has 2 fully saturated rings. The van der Waals surface area contributed by atoms with Gasteiger partial charge in [0, 0.05) is 13.1 Å². The first-order chi connectivity index (χ1) is 5.67. The van der Waals surface area contributed by atoms with Gasteiger partial charge in [-0.2, -0.15) is 0 Å². The van der Waals surface area contributed by atoms with Gasteiger partial charge in [-0.3, -0.25) is 4.90 Å². The summed E-state index contributed by atoms with van der Waals surface area (Å²) in [5.41, 5.74) is -0.916. The summed E-state index contributed by atoms with van der Waals surface area (Å²) < 4.78 is 18.5. The van der Waals surface area contributed by atoms with Gasteiger partial charge >= 0.3 is 0 Å². The quantitative estimate of drug-likeness (QED) is 0.591. The van der Waals surface area contributed by atoms with Crippen molar-refractivity contribution in [2.24, 2.45) is 0 Å². The van der Waals surface area contributed by atoms with Gasteiger partial charge in [-0.05, 0) is 19.8 Å². The highest BCUT2D eigenvalue weighted by atomic mass is 19.1. The van der Waals surface area contributed by atoms with Gasteiger partial charge in [-0.1, -0.05) is 0 Å². The minimum absolute atomic E-state index is 0.584. The van der Waals surface area contributed by atoms with Crippen LogP contribution in [0.5, 0.6) is 0 Å². The molecule has 12 heavy (non-hydrogen) atoms. The average Bonchev–Trinajstić information content (AvgIpc) is 1.89. The average molecular weight is 173 g/mol. The molecule has 2 aliphatic heterocycles. The van der Waals surface area contributed by atoms with Crippen molar-refractivity contribution in [3.05, 3.63) is 0 Å². The van der Waals surface area contributed by atoms with Crippen molar-refractivity contribution >= 4 is 0 Å². The number of nitrogens with zero attached hydrogens (tertiary/aromatic N) is 1. The van der Waals surface area contributed by atoms with E-state index < -0.39 is 5.67 Å². The van der Waals surface area contributed by atoms with E-state index in [-0.39, 0.29) is 0 Å². The second kappa shape index (κ2) is 2.96. The van der Waals surface area contributed by atoms with Crippen LogP contribution in [-0.4, -0.2) is 42.9 Å². The second-order valence-electron chi connectivity index (χ2n) is 4.14. The van der Waals surface area contributed by atoms with Crippen molar-refractivity contribution < 1.29 is 9.13 Å². The van der Waals surface area contributed by atoms with Crippen LogP contribution in [-0.2, 0) is 4.74 Å². The van der Waals surface area contributed by atoms with Gasteiger partial charge in [0.2, 0.25) is 0 Å². The lowest BCUT2D eigenvalue weighted by molar-refractivity contribution is -0.0827. The van der Waals surface area contributed by atoms with E-state index >= 15 is 0 Å². The molecule has 0 aromatic rings. The van der Waals surface area contributed by atoms with Crippen molar-refractivity contribution in [1.29, 1.82) is 0 Å². The lowest BCUT2D eigenvalue weighted by Crippen LogP contribution is -2.53. The number of halogens is 1. The third kappa shape index (κ3) is 1.62. The maximum Gasteiger partial charge on any atom is 0.110 e. The van der Waals surface area contributed by atoms with Crippen molar-refractivity contribution in [2.75, 3.05) is 26.3 Å². The highest BCUT2D eigenvalue weighted by molar-refractivity contribution is 4.87. The predicted octanol–water partition coefficient (Wildman–Crippen LogP) is 1.21. The number of hydrogen-bond acceptors (Lipinski definition) is 2. The Bertz CT molecular complexity index is 158. The van der Waals surface area contributed by atoms with Crippen LogP contribution in [0.2, 0.25) is 0 Å². The fourth-order valence-electron chi connectivity index (χ4n) is 1.79. The lowest BCUT2D eigenvalue weighted by atomic mass is 9.94. The first-order valence-corrected chi connectivity index (χ1v) is 4.68. The summed E-state index contributed by atoms with van der Waals surface area (Å²) in [6.07, 6.45) is 1.37. The second-order valence-corrected chi connectivity index (χ2v) is 4.14. The minimum Gasteiger partial charge on any atom is -0.378 e. The molecule has 2 nitrogen and oxygen atoms in total. The Balaban J connectivity index is 1.81. The topological polar surface area (TPSA) is 12.5 Å². The zero-order valence-electron chi connectivity index (χ0n) is 7.55. The molecule has 70 valence electrons. The number of likely N-dealkylation sites (tertiary alicyclic amines) is 1. The highest BCUT2D eigenvalue weighted by Crippen LogP contribution is 2.27. The Hall–Kier alpha value is -0.150. The molecular formula is C9H16FNO. The SMILES string of the molecule is CC1(F)CCN(C2COC2)CC1. The van der Waals surface area contributed by atoms with E-state index in [2.05, 4.69) is 4.90 Å².